The molecule has 0 heterocycles. The number of nitrogens with zero attached hydrogens (tertiary/aromatic N) is 3. The van der Waals surface area contributed by atoms with E-state index in [9.17, 15) is 10.6 Å². The van der Waals surface area contributed by atoms with Crippen molar-refractivity contribution in [1.29, 1.82) is 0 Å². The molecule has 1 spiro atoms. The lowest BCUT2D eigenvalue weighted by molar-refractivity contribution is 0.0572. The molecule has 4 aromatic rings. The number of hydrogen-bond acceptors (Lipinski definition) is 5. The molecule has 2 fully saturated rings. The van der Waals surface area contributed by atoms with Crippen LogP contribution in [0.3, 0.4) is 0 Å². The van der Waals surface area contributed by atoms with E-state index < -0.39 is 0 Å². The average molecular weight is 618 g/mol. The molecular weight excluding hydrogens is 574 g/mol. The van der Waals surface area contributed by atoms with Crippen LogP contribution in [-0.2, 0) is 5.41 Å². The topological polar surface area (TPSA) is 96.7 Å². The highest BCUT2D eigenvalue weighted by atomic mass is 16.5. The molecule has 0 aromatic heterocycles. The maximum absolute atomic E-state index is 11.9. The maximum Gasteiger partial charge on any atom is 0.130 e. The molecule has 46 heavy (non-hydrogen) atoms. The summed E-state index contributed by atoms with van der Waals surface area (Å²) >= 11 is 0. The molecule has 1 N–H and O–H groups in total. The Labute approximate surface area is 271 Å². The van der Waals surface area contributed by atoms with Gasteiger partial charge in [0.05, 0.1) is 20.3 Å². The molecule has 7 heteroatoms. The van der Waals surface area contributed by atoms with E-state index in [0.29, 0.717) is 18.0 Å². The summed E-state index contributed by atoms with van der Waals surface area (Å²) in [6, 6.07) is 20.8. The van der Waals surface area contributed by atoms with Gasteiger partial charge in [0.25, 0.3) is 0 Å². The van der Waals surface area contributed by atoms with Gasteiger partial charge in [0, 0.05) is 39.5 Å². The Hall–Kier alpha value is -4.35. The maximum atomic E-state index is 11.9. The van der Waals surface area contributed by atoms with Crippen LogP contribution in [0.1, 0.15) is 76.8 Å². The second-order valence-electron chi connectivity index (χ2n) is 14.8. The van der Waals surface area contributed by atoms with Gasteiger partial charge in [0.15, 0.2) is 0 Å². The van der Waals surface area contributed by atoms with Crippen molar-refractivity contribution in [3.63, 3.8) is 0 Å². The van der Waals surface area contributed by atoms with E-state index >= 15 is 0 Å². The van der Waals surface area contributed by atoms with E-state index in [1.54, 1.807) is 14.2 Å². The molecule has 0 radical (unpaired) electrons. The monoisotopic (exact) mass is 617 g/mol. The van der Waals surface area contributed by atoms with Crippen molar-refractivity contribution in [3.8, 4) is 45.3 Å². The van der Waals surface area contributed by atoms with Gasteiger partial charge in [-0.1, -0.05) is 50.2 Å². The van der Waals surface area contributed by atoms with E-state index in [4.69, 9.17) is 14.2 Å². The Morgan fingerprint density at radius 2 is 1.61 bits per heavy atom. The molecular formula is C39H43N3O4. The minimum Gasteiger partial charge on any atom is -0.507 e. The largest absolute Gasteiger partial charge is 0.507 e. The summed E-state index contributed by atoms with van der Waals surface area (Å²) in [6.07, 6.45) is 7.26. The van der Waals surface area contributed by atoms with E-state index in [1.807, 2.05) is 24.3 Å². The van der Waals surface area contributed by atoms with Crippen LogP contribution < -0.4 is 14.2 Å². The molecule has 7 rings (SSSR count). The third-order valence-electron chi connectivity index (χ3n) is 10.7. The van der Waals surface area contributed by atoms with E-state index in [-0.39, 0.29) is 28.1 Å². The number of phenolic OH excluding ortho intramolecular Hbond substituents is 1. The van der Waals surface area contributed by atoms with Crippen LogP contribution in [0.25, 0.3) is 43.5 Å². The summed E-state index contributed by atoms with van der Waals surface area (Å²) in [5.74, 6) is 2.45. The van der Waals surface area contributed by atoms with Crippen LogP contribution in [0.4, 0.5) is 0 Å². The predicted molar refractivity (Wildman–Crippen MR) is 183 cm³/mol. The molecule has 2 unspecified atom stereocenters. The number of ether oxygens (including phenoxy) is 3. The Balaban J connectivity index is 1.50. The van der Waals surface area contributed by atoms with Crippen molar-refractivity contribution in [2.24, 2.45) is 15.9 Å². The minimum atomic E-state index is -0.330. The first-order chi connectivity index (χ1) is 22.1. The van der Waals surface area contributed by atoms with Crippen LogP contribution in [0.15, 0.2) is 65.8 Å². The van der Waals surface area contributed by atoms with Crippen LogP contribution in [0.2, 0.25) is 0 Å². The lowest BCUT2D eigenvalue weighted by Crippen LogP contribution is -2.46. The van der Waals surface area contributed by atoms with Crippen LogP contribution in [0.5, 0.6) is 23.0 Å². The minimum absolute atomic E-state index is 0.0111. The summed E-state index contributed by atoms with van der Waals surface area (Å²) in [4.78, 5) is 3.14. The van der Waals surface area contributed by atoms with Gasteiger partial charge in [-0.15, -0.1) is 0 Å². The van der Waals surface area contributed by atoms with Gasteiger partial charge >= 0.3 is 0 Å². The van der Waals surface area contributed by atoms with Gasteiger partial charge in [0.2, 0.25) is 0 Å². The molecule has 4 aromatic carbocycles. The van der Waals surface area contributed by atoms with Gasteiger partial charge in [0.1, 0.15) is 23.0 Å². The third kappa shape index (κ3) is 4.93. The SMILES string of the molecule is COc1ccc(-c2cc3c(O)cc4c(c3cc2OC2CCCC2)-c2ccccc2C42CC(C)(C)CC(C)(CN=[N+]=[N-])C2)c(OC)c1. The Kier molecular flexibility index (Phi) is 7.36. The van der Waals surface area contributed by atoms with Gasteiger partial charge in [-0.2, -0.15) is 0 Å². The van der Waals surface area contributed by atoms with Crippen LogP contribution >= 0.6 is 0 Å². The molecule has 2 atom stereocenters. The quantitative estimate of drug-likeness (QED) is 0.127. The fraction of sp³-hybridized carbons (Fsp3) is 0.436. The van der Waals surface area contributed by atoms with Crippen molar-refractivity contribution in [3.05, 3.63) is 82.2 Å². The van der Waals surface area contributed by atoms with Crippen LogP contribution in [-0.4, -0.2) is 32.0 Å². The molecule has 2 saturated carbocycles. The number of hydrogen-bond donors (Lipinski definition) is 1. The van der Waals surface area contributed by atoms with Gasteiger partial charge in [-0.3, -0.25) is 0 Å². The molecule has 0 bridgehead atoms. The first kappa shape index (κ1) is 30.3. The van der Waals surface area contributed by atoms with Crippen molar-refractivity contribution in [2.75, 3.05) is 20.8 Å². The van der Waals surface area contributed by atoms with Gasteiger partial charge < -0.3 is 19.3 Å². The van der Waals surface area contributed by atoms with Crippen LogP contribution in [0, 0.1) is 10.8 Å². The number of methoxy groups -OCH3 is 2. The zero-order valence-electron chi connectivity index (χ0n) is 27.5. The molecule has 3 aliphatic rings. The molecule has 7 nitrogen and oxygen atoms in total. The van der Waals surface area contributed by atoms with E-state index in [1.165, 1.54) is 11.1 Å². The number of azide groups is 1. The lowest BCUT2D eigenvalue weighted by atomic mass is 9.52. The third-order valence-corrected chi connectivity index (χ3v) is 10.7. The molecule has 0 aliphatic heterocycles. The number of rotatable bonds is 7. The number of aromatic hydroxyl groups is 1. The molecule has 0 saturated heterocycles. The normalized spacial score (nSPS) is 23.2. The smallest absolute Gasteiger partial charge is 0.130 e. The highest BCUT2D eigenvalue weighted by Gasteiger charge is 2.54. The standard InChI is InChI=1S/C39H43N3O4/c1-37(2)20-38(3,23-41-42-40)22-39(21-37)31-13-9-8-12-27(31)36-30-18-35(46-24-10-6-7-11-24)29(17-28(30)33(43)19-32(36)39)26-15-14-25(44-4)16-34(26)45-5/h8-9,12-19,24,43H,6-7,10-11,20-23H2,1-5H3. The molecule has 3 aliphatic carbocycles. The van der Waals surface area contributed by atoms with Crippen molar-refractivity contribution >= 4 is 10.8 Å². The Bertz CT molecular complexity index is 1890. The zero-order chi connectivity index (χ0) is 32.3. The number of phenols is 1. The van der Waals surface area contributed by atoms with Crippen molar-refractivity contribution in [2.45, 2.75) is 77.2 Å². The number of fused-ring (bicyclic) bond motifs is 7. The predicted octanol–water partition coefficient (Wildman–Crippen LogP) is 10.3. The second-order valence-corrected chi connectivity index (χ2v) is 14.8. The second kappa shape index (κ2) is 11.2. The Morgan fingerprint density at radius 1 is 0.826 bits per heavy atom. The van der Waals surface area contributed by atoms with Gasteiger partial charge in [-0.05, 0) is 119 Å². The lowest BCUT2D eigenvalue weighted by Gasteiger charge is -2.52. The zero-order valence-corrected chi connectivity index (χ0v) is 27.5. The molecule has 238 valence electrons. The summed E-state index contributed by atoms with van der Waals surface area (Å²) in [6.45, 7) is 7.35. The van der Waals surface area contributed by atoms with Crippen molar-refractivity contribution < 1.29 is 19.3 Å². The number of benzene rings is 4. The Morgan fingerprint density at radius 3 is 2.35 bits per heavy atom. The van der Waals surface area contributed by atoms with E-state index in [2.05, 4.69) is 67.2 Å². The van der Waals surface area contributed by atoms with E-state index in [0.717, 1.165) is 83.7 Å². The highest BCUT2D eigenvalue weighted by molar-refractivity contribution is 6.08. The highest BCUT2D eigenvalue weighted by Crippen LogP contribution is 2.65. The summed E-state index contributed by atoms with van der Waals surface area (Å²) < 4.78 is 18.2. The first-order valence-corrected chi connectivity index (χ1v) is 16.4. The van der Waals surface area contributed by atoms with Crippen molar-refractivity contribution in [1.82, 2.24) is 0 Å². The summed E-state index contributed by atoms with van der Waals surface area (Å²) in [5.41, 5.74) is 15.3. The summed E-state index contributed by atoms with van der Waals surface area (Å²) in [7, 11) is 3.31. The average Bonchev–Trinajstić information content (AvgIpc) is 3.63. The van der Waals surface area contributed by atoms with Gasteiger partial charge in [-0.25, -0.2) is 0 Å². The first-order valence-electron chi connectivity index (χ1n) is 16.4. The fourth-order valence-electron chi connectivity index (χ4n) is 9.46. The summed E-state index contributed by atoms with van der Waals surface area (Å²) in [5, 5.41) is 17.8. The molecule has 0 amide bonds. The fourth-order valence-corrected chi connectivity index (χ4v) is 9.46.